The zero-order chi connectivity index (χ0) is 29.3. The molecule has 8 aromatic rings. The quantitative estimate of drug-likeness (QED) is 0.196. The van der Waals surface area contributed by atoms with E-state index in [2.05, 4.69) is 91.0 Å². The molecule has 0 saturated heterocycles. The standard InChI is InChI=1S/C40H26N4/c1-4-13-29(14-5-1)36-26-35(34-25-24-27-12-10-11-19-33(27)37(34)41-36)28-20-22-32(23-21-28)40-43-38(30-15-6-2-7-16-30)42-39(44-40)31-17-8-3-9-18-31/h1-26H. The maximum absolute atomic E-state index is 5.17. The van der Waals surface area contributed by atoms with Crippen LogP contribution >= 0.6 is 0 Å². The molecule has 0 N–H and O–H groups in total. The molecule has 0 saturated carbocycles. The molecule has 0 fully saturated rings. The van der Waals surface area contributed by atoms with Crippen LogP contribution in [0.1, 0.15) is 0 Å². The van der Waals surface area contributed by atoms with Gasteiger partial charge in [0.25, 0.3) is 0 Å². The summed E-state index contributed by atoms with van der Waals surface area (Å²) in [5, 5.41) is 3.44. The first kappa shape index (κ1) is 25.7. The summed E-state index contributed by atoms with van der Waals surface area (Å²) in [5.41, 5.74) is 8.12. The largest absolute Gasteiger partial charge is 0.247 e. The second-order valence-corrected chi connectivity index (χ2v) is 10.7. The lowest BCUT2D eigenvalue weighted by Crippen LogP contribution is -2.00. The van der Waals surface area contributed by atoms with E-state index in [0.717, 1.165) is 55.4 Å². The molecule has 4 nitrogen and oxygen atoms in total. The molecular formula is C40H26N4. The van der Waals surface area contributed by atoms with Gasteiger partial charge in [0.15, 0.2) is 17.5 Å². The van der Waals surface area contributed by atoms with E-state index in [1.54, 1.807) is 0 Å². The summed E-state index contributed by atoms with van der Waals surface area (Å²) in [6.07, 6.45) is 0. The van der Waals surface area contributed by atoms with Crippen molar-refractivity contribution in [2.24, 2.45) is 0 Å². The maximum Gasteiger partial charge on any atom is 0.164 e. The summed E-state index contributed by atoms with van der Waals surface area (Å²) in [6, 6.07) is 54.0. The van der Waals surface area contributed by atoms with Crippen LogP contribution in [0.25, 0.3) is 78.2 Å². The molecule has 0 amide bonds. The van der Waals surface area contributed by atoms with Gasteiger partial charge in [-0.25, -0.2) is 19.9 Å². The van der Waals surface area contributed by atoms with Gasteiger partial charge in [0.2, 0.25) is 0 Å². The zero-order valence-corrected chi connectivity index (χ0v) is 23.8. The molecule has 0 bridgehead atoms. The van der Waals surface area contributed by atoms with Crippen LogP contribution in [0.2, 0.25) is 0 Å². The van der Waals surface area contributed by atoms with Crippen molar-refractivity contribution in [2.75, 3.05) is 0 Å². The van der Waals surface area contributed by atoms with E-state index >= 15 is 0 Å². The van der Waals surface area contributed by atoms with Crippen LogP contribution in [0.15, 0.2) is 158 Å². The van der Waals surface area contributed by atoms with E-state index in [9.17, 15) is 0 Å². The van der Waals surface area contributed by atoms with Crippen LogP contribution in [0.3, 0.4) is 0 Å². The highest BCUT2D eigenvalue weighted by Gasteiger charge is 2.15. The third kappa shape index (κ3) is 4.79. The summed E-state index contributed by atoms with van der Waals surface area (Å²) in [6.45, 7) is 0. The van der Waals surface area contributed by atoms with Gasteiger partial charge in [0, 0.05) is 33.0 Å². The zero-order valence-electron chi connectivity index (χ0n) is 23.8. The Hall–Kier alpha value is -6.00. The van der Waals surface area contributed by atoms with Crippen molar-refractivity contribution in [1.29, 1.82) is 0 Å². The Bertz CT molecular complexity index is 2190. The highest BCUT2D eigenvalue weighted by Crippen LogP contribution is 2.36. The first-order chi connectivity index (χ1) is 21.8. The smallest absolute Gasteiger partial charge is 0.164 e. The molecule has 0 radical (unpaired) electrons. The molecule has 2 aromatic heterocycles. The fourth-order valence-electron chi connectivity index (χ4n) is 5.69. The summed E-state index contributed by atoms with van der Waals surface area (Å²) in [4.78, 5) is 19.8. The van der Waals surface area contributed by atoms with Gasteiger partial charge in [-0.15, -0.1) is 0 Å². The van der Waals surface area contributed by atoms with E-state index in [1.807, 2.05) is 66.7 Å². The Morgan fingerprint density at radius 1 is 0.318 bits per heavy atom. The van der Waals surface area contributed by atoms with E-state index in [-0.39, 0.29) is 0 Å². The topological polar surface area (TPSA) is 51.6 Å². The van der Waals surface area contributed by atoms with Gasteiger partial charge in [-0.2, -0.15) is 0 Å². The monoisotopic (exact) mass is 562 g/mol. The molecule has 0 aliphatic carbocycles. The maximum atomic E-state index is 5.17. The predicted molar refractivity (Wildman–Crippen MR) is 180 cm³/mol. The third-order valence-corrected chi connectivity index (χ3v) is 7.93. The molecule has 2 heterocycles. The second-order valence-electron chi connectivity index (χ2n) is 10.7. The second kappa shape index (κ2) is 11.0. The number of rotatable bonds is 5. The molecule has 0 spiro atoms. The van der Waals surface area contributed by atoms with Crippen LogP contribution in [-0.4, -0.2) is 19.9 Å². The lowest BCUT2D eigenvalue weighted by Gasteiger charge is -2.13. The fraction of sp³-hybridized carbons (Fsp3) is 0. The van der Waals surface area contributed by atoms with Gasteiger partial charge in [-0.1, -0.05) is 152 Å². The van der Waals surface area contributed by atoms with Crippen LogP contribution in [0.4, 0.5) is 0 Å². The molecular weight excluding hydrogens is 536 g/mol. The van der Waals surface area contributed by atoms with E-state index in [1.165, 1.54) is 5.39 Å². The summed E-state index contributed by atoms with van der Waals surface area (Å²) in [7, 11) is 0. The highest BCUT2D eigenvalue weighted by molar-refractivity contribution is 6.10. The van der Waals surface area contributed by atoms with Crippen LogP contribution < -0.4 is 0 Å². The first-order valence-electron chi connectivity index (χ1n) is 14.7. The number of hydrogen-bond donors (Lipinski definition) is 0. The number of pyridine rings is 1. The predicted octanol–water partition coefficient (Wildman–Crippen LogP) is 9.91. The number of nitrogens with zero attached hydrogens (tertiary/aromatic N) is 4. The Morgan fingerprint density at radius 3 is 1.39 bits per heavy atom. The third-order valence-electron chi connectivity index (χ3n) is 7.93. The molecule has 4 heteroatoms. The lowest BCUT2D eigenvalue weighted by molar-refractivity contribution is 1.07. The van der Waals surface area contributed by atoms with Gasteiger partial charge >= 0.3 is 0 Å². The lowest BCUT2D eigenvalue weighted by atomic mass is 9.95. The van der Waals surface area contributed by atoms with Crippen LogP contribution in [-0.2, 0) is 0 Å². The Balaban J connectivity index is 1.27. The Morgan fingerprint density at radius 2 is 0.795 bits per heavy atom. The number of fused-ring (bicyclic) bond motifs is 3. The molecule has 8 rings (SSSR count). The summed E-state index contributed by atoms with van der Waals surface area (Å²) >= 11 is 0. The average Bonchev–Trinajstić information content (AvgIpc) is 3.12. The molecule has 0 aliphatic heterocycles. The van der Waals surface area contributed by atoms with Gasteiger partial charge in [0.05, 0.1) is 11.2 Å². The number of aromatic nitrogens is 4. The van der Waals surface area contributed by atoms with Gasteiger partial charge in [-0.3, -0.25) is 0 Å². The van der Waals surface area contributed by atoms with Crippen molar-refractivity contribution in [3.8, 4) is 56.5 Å². The van der Waals surface area contributed by atoms with Gasteiger partial charge in [0.1, 0.15) is 0 Å². The highest BCUT2D eigenvalue weighted by atomic mass is 15.0. The Kier molecular flexibility index (Phi) is 6.43. The first-order valence-corrected chi connectivity index (χ1v) is 14.7. The van der Waals surface area contributed by atoms with Gasteiger partial charge in [-0.05, 0) is 22.6 Å². The Labute approximate surface area is 255 Å². The molecule has 0 unspecified atom stereocenters. The minimum absolute atomic E-state index is 0.639. The molecule has 206 valence electrons. The molecule has 6 aromatic carbocycles. The van der Waals surface area contributed by atoms with E-state index < -0.39 is 0 Å². The average molecular weight is 563 g/mol. The van der Waals surface area contributed by atoms with Crippen molar-refractivity contribution in [2.45, 2.75) is 0 Å². The summed E-state index contributed by atoms with van der Waals surface area (Å²) in [5.74, 6) is 1.94. The van der Waals surface area contributed by atoms with E-state index in [4.69, 9.17) is 19.9 Å². The van der Waals surface area contributed by atoms with E-state index in [0.29, 0.717) is 17.5 Å². The minimum Gasteiger partial charge on any atom is -0.247 e. The molecule has 44 heavy (non-hydrogen) atoms. The van der Waals surface area contributed by atoms with Crippen molar-refractivity contribution < 1.29 is 0 Å². The van der Waals surface area contributed by atoms with Crippen LogP contribution in [0, 0.1) is 0 Å². The van der Waals surface area contributed by atoms with Gasteiger partial charge < -0.3 is 0 Å². The summed E-state index contributed by atoms with van der Waals surface area (Å²) < 4.78 is 0. The SMILES string of the molecule is c1ccc(-c2cc(-c3ccc(-c4nc(-c5ccccc5)nc(-c5ccccc5)n4)cc3)c3ccc4ccccc4c3n2)cc1. The molecule has 0 aliphatic rings. The number of hydrogen-bond acceptors (Lipinski definition) is 4. The van der Waals surface area contributed by atoms with Crippen molar-refractivity contribution in [3.63, 3.8) is 0 Å². The van der Waals surface area contributed by atoms with Crippen molar-refractivity contribution in [1.82, 2.24) is 19.9 Å². The molecule has 0 atom stereocenters. The normalized spacial score (nSPS) is 11.2. The fourth-order valence-corrected chi connectivity index (χ4v) is 5.69. The van der Waals surface area contributed by atoms with Crippen LogP contribution in [0.5, 0.6) is 0 Å². The van der Waals surface area contributed by atoms with Crippen molar-refractivity contribution in [3.05, 3.63) is 158 Å². The minimum atomic E-state index is 0.639. The number of benzene rings is 6. The van der Waals surface area contributed by atoms with Crippen molar-refractivity contribution >= 4 is 21.7 Å².